The highest BCUT2D eigenvalue weighted by Crippen LogP contribution is 2.49. The van der Waals surface area contributed by atoms with Crippen LogP contribution in [0.15, 0.2) is 223 Å². The van der Waals surface area contributed by atoms with E-state index in [1.54, 1.807) is 0 Å². The number of fused-ring (bicyclic) bond motifs is 9. The molecule has 1 heteroatoms. The predicted octanol–water partition coefficient (Wildman–Crippen LogP) is 17.2. The van der Waals surface area contributed by atoms with E-state index >= 15 is 0 Å². The first-order valence-electron chi connectivity index (χ1n) is 21.1. The molecular weight excluding hydrogens is 737 g/mol. The van der Waals surface area contributed by atoms with Gasteiger partial charge in [0.15, 0.2) is 0 Å². The van der Waals surface area contributed by atoms with Gasteiger partial charge in [0.1, 0.15) is 11.2 Å². The number of para-hydroxylation sites is 1. The monoisotopic (exact) mass is 772 g/mol. The Bertz CT molecular complexity index is 3820. The molecular formula is C60H36O. The maximum Gasteiger partial charge on any atom is 0.143 e. The summed E-state index contributed by atoms with van der Waals surface area (Å²) < 4.78 is 6.99. The molecule has 1 nitrogen and oxygen atoms in total. The van der Waals surface area contributed by atoms with Gasteiger partial charge in [-0.1, -0.05) is 206 Å². The maximum atomic E-state index is 6.99. The third-order valence-electron chi connectivity index (χ3n) is 13.0. The van der Waals surface area contributed by atoms with Crippen molar-refractivity contribution in [3.63, 3.8) is 0 Å². The summed E-state index contributed by atoms with van der Waals surface area (Å²) >= 11 is 0. The minimum atomic E-state index is 0.883. The molecule has 12 aromatic carbocycles. The third-order valence-corrected chi connectivity index (χ3v) is 13.0. The van der Waals surface area contributed by atoms with E-state index in [1.165, 1.54) is 104 Å². The fourth-order valence-electron chi connectivity index (χ4n) is 10.5. The first-order chi connectivity index (χ1) is 30.3. The van der Waals surface area contributed by atoms with E-state index < -0.39 is 0 Å². The largest absolute Gasteiger partial charge is 0.455 e. The molecule has 0 spiro atoms. The summed E-state index contributed by atoms with van der Waals surface area (Å²) in [4.78, 5) is 0. The van der Waals surface area contributed by atoms with Gasteiger partial charge < -0.3 is 4.42 Å². The Kier molecular flexibility index (Phi) is 7.37. The average Bonchev–Trinajstić information content (AvgIpc) is 3.71. The van der Waals surface area contributed by atoms with Gasteiger partial charge in [-0.15, -0.1) is 0 Å². The van der Waals surface area contributed by atoms with Crippen molar-refractivity contribution in [2.45, 2.75) is 0 Å². The normalized spacial score (nSPS) is 11.9. The molecule has 1 aromatic heterocycles. The third kappa shape index (κ3) is 5.02. The molecule has 0 aliphatic rings. The van der Waals surface area contributed by atoms with Crippen molar-refractivity contribution in [3.8, 4) is 44.5 Å². The van der Waals surface area contributed by atoms with Gasteiger partial charge in [0.25, 0.3) is 0 Å². The van der Waals surface area contributed by atoms with Crippen LogP contribution >= 0.6 is 0 Å². The summed E-state index contributed by atoms with van der Waals surface area (Å²) in [6, 6.07) is 79.9. The number of rotatable bonds is 4. The van der Waals surface area contributed by atoms with Gasteiger partial charge in [0, 0.05) is 21.9 Å². The fraction of sp³-hybridized carbons (Fsp3) is 0. The summed E-state index contributed by atoms with van der Waals surface area (Å²) in [5.41, 5.74) is 11.5. The molecule has 0 fully saturated rings. The van der Waals surface area contributed by atoms with Crippen molar-refractivity contribution in [2.24, 2.45) is 0 Å². The van der Waals surface area contributed by atoms with Crippen LogP contribution in [0.2, 0.25) is 0 Å². The molecule has 282 valence electrons. The Labute approximate surface area is 352 Å². The Balaban J connectivity index is 1.06. The van der Waals surface area contributed by atoms with Crippen LogP contribution < -0.4 is 0 Å². The first kappa shape index (κ1) is 33.9. The van der Waals surface area contributed by atoms with Crippen molar-refractivity contribution >= 4 is 86.6 Å². The molecule has 0 atom stereocenters. The average molecular weight is 773 g/mol. The van der Waals surface area contributed by atoms with Gasteiger partial charge in [0.2, 0.25) is 0 Å². The Hall–Kier alpha value is -8.00. The molecule has 0 N–H and O–H groups in total. The van der Waals surface area contributed by atoms with E-state index in [1.807, 2.05) is 0 Å². The molecule has 0 radical (unpaired) electrons. The van der Waals surface area contributed by atoms with Crippen LogP contribution in [0.4, 0.5) is 0 Å². The molecule has 0 aliphatic carbocycles. The lowest BCUT2D eigenvalue weighted by atomic mass is 9.84. The summed E-state index contributed by atoms with van der Waals surface area (Å²) in [7, 11) is 0. The second-order valence-corrected chi connectivity index (χ2v) is 16.2. The van der Waals surface area contributed by atoms with Gasteiger partial charge >= 0.3 is 0 Å². The highest BCUT2D eigenvalue weighted by molar-refractivity contribution is 6.27. The molecule has 13 aromatic rings. The molecule has 0 bridgehead atoms. The lowest BCUT2D eigenvalue weighted by molar-refractivity contribution is 0.670. The Morgan fingerprint density at radius 3 is 1.05 bits per heavy atom. The predicted molar refractivity (Wildman–Crippen MR) is 260 cm³/mol. The van der Waals surface area contributed by atoms with Crippen LogP contribution in [0.5, 0.6) is 0 Å². The summed E-state index contributed by atoms with van der Waals surface area (Å²) in [5.74, 6) is 0. The van der Waals surface area contributed by atoms with Crippen molar-refractivity contribution in [1.82, 2.24) is 0 Å². The van der Waals surface area contributed by atoms with Gasteiger partial charge in [-0.25, -0.2) is 0 Å². The van der Waals surface area contributed by atoms with Crippen LogP contribution in [-0.2, 0) is 0 Å². The molecule has 61 heavy (non-hydrogen) atoms. The van der Waals surface area contributed by atoms with Crippen LogP contribution in [0.3, 0.4) is 0 Å². The zero-order valence-electron chi connectivity index (χ0n) is 33.2. The van der Waals surface area contributed by atoms with Crippen LogP contribution in [0, 0.1) is 0 Å². The number of hydrogen-bond acceptors (Lipinski definition) is 1. The molecule has 0 saturated heterocycles. The lowest BCUT2D eigenvalue weighted by Crippen LogP contribution is -1.92. The zero-order valence-corrected chi connectivity index (χ0v) is 33.2. The molecule has 1 heterocycles. The summed E-state index contributed by atoms with van der Waals surface area (Å²) in [6.07, 6.45) is 0. The van der Waals surface area contributed by atoms with Crippen LogP contribution in [0.1, 0.15) is 0 Å². The van der Waals surface area contributed by atoms with Gasteiger partial charge in [-0.3, -0.25) is 0 Å². The van der Waals surface area contributed by atoms with E-state index in [0.717, 1.165) is 27.5 Å². The Morgan fingerprint density at radius 1 is 0.230 bits per heavy atom. The first-order valence-corrected chi connectivity index (χ1v) is 21.1. The molecule has 0 aliphatic heterocycles. The van der Waals surface area contributed by atoms with Gasteiger partial charge in [-0.05, 0) is 110 Å². The molecule has 0 saturated carbocycles. The van der Waals surface area contributed by atoms with E-state index in [2.05, 4.69) is 218 Å². The maximum absolute atomic E-state index is 6.99. The standard InChI is InChI=1S/C60H36O/c1-3-20-40-37(16-1)18-13-30-42(40)57-46-24-7-5-22-44(46)56(45-23-6-8-25-47(45)57)39-34-35-55-54(36-39)52-32-15-33-53(60(52)61-55)59-50-28-11-9-26-48(50)58(49-27-10-12-29-51(49)59)43-31-14-19-38-17-2-4-21-41(38)43/h1-36H. The fourth-order valence-corrected chi connectivity index (χ4v) is 10.5. The van der Waals surface area contributed by atoms with Gasteiger partial charge in [-0.2, -0.15) is 0 Å². The van der Waals surface area contributed by atoms with E-state index in [4.69, 9.17) is 4.42 Å². The zero-order chi connectivity index (χ0) is 40.0. The second-order valence-electron chi connectivity index (χ2n) is 16.2. The molecule has 0 unspecified atom stereocenters. The van der Waals surface area contributed by atoms with E-state index in [0.29, 0.717) is 0 Å². The van der Waals surface area contributed by atoms with E-state index in [9.17, 15) is 0 Å². The van der Waals surface area contributed by atoms with Crippen LogP contribution in [-0.4, -0.2) is 0 Å². The number of benzene rings is 12. The van der Waals surface area contributed by atoms with Gasteiger partial charge in [0.05, 0.1) is 0 Å². The van der Waals surface area contributed by atoms with Crippen molar-refractivity contribution < 1.29 is 4.42 Å². The molecule has 13 rings (SSSR count). The topological polar surface area (TPSA) is 13.1 Å². The van der Waals surface area contributed by atoms with Crippen molar-refractivity contribution in [1.29, 1.82) is 0 Å². The highest BCUT2D eigenvalue weighted by Gasteiger charge is 2.23. The van der Waals surface area contributed by atoms with Crippen molar-refractivity contribution in [3.05, 3.63) is 218 Å². The number of hydrogen-bond donors (Lipinski definition) is 0. The summed E-state index contributed by atoms with van der Waals surface area (Å²) in [5, 5.41) is 17.1. The smallest absolute Gasteiger partial charge is 0.143 e. The Morgan fingerprint density at radius 2 is 0.574 bits per heavy atom. The van der Waals surface area contributed by atoms with Crippen molar-refractivity contribution in [2.75, 3.05) is 0 Å². The number of furan rings is 1. The highest BCUT2D eigenvalue weighted by atomic mass is 16.3. The lowest BCUT2D eigenvalue weighted by Gasteiger charge is -2.19. The minimum Gasteiger partial charge on any atom is -0.455 e. The minimum absolute atomic E-state index is 0.883. The quantitative estimate of drug-likeness (QED) is 0.162. The SMILES string of the molecule is c1ccc2c(-c3c4ccccc4c(-c4ccc5oc6c(-c7c8ccccc8c(-c8cccc9ccccc89)c8ccccc78)cccc6c5c4)c4ccccc34)cccc2c1. The second kappa shape index (κ2) is 13.3. The van der Waals surface area contributed by atoms with E-state index in [-0.39, 0.29) is 0 Å². The van der Waals surface area contributed by atoms with Crippen LogP contribution in [0.25, 0.3) is 131 Å². The molecule has 0 amide bonds. The summed E-state index contributed by atoms with van der Waals surface area (Å²) in [6.45, 7) is 0.